The minimum Gasteiger partial charge on any atom is -0.354 e. The van der Waals surface area contributed by atoms with Crippen LogP contribution in [0.4, 0.5) is 5.69 Å². The normalized spacial score (nSPS) is 11.2. The Kier molecular flexibility index (Phi) is 4.67. The van der Waals surface area contributed by atoms with Crippen LogP contribution in [0.5, 0.6) is 0 Å². The van der Waals surface area contributed by atoms with Crippen molar-refractivity contribution >= 4 is 33.4 Å². The molecule has 4 rings (SSSR count). The fourth-order valence-corrected chi connectivity index (χ4v) is 3.38. The number of para-hydroxylation sites is 1. The van der Waals surface area contributed by atoms with Crippen molar-refractivity contribution in [2.24, 2.45) is 0 Å². The zero-order chi connectivity index (χ0) is 19.7. The number of anilines is 1. The third kappa shape index (κ3) is 3.52. The van der Waals surface area contributed by atoms with Crippen molar-refractivity contribution in [1.29, 1.82) is 0 Å². The Hall–Kier alpha value is -3.44. The van der Waals surface area contributed by atoms with Gasteiger partial charge in [-0.25, -0.2) is 0 Å². The summed E-state index contributed by atoms with van der Waals surface area (Å²) in [5, 5.41) is 4.05. The molecule has 1 heterocycles. The van der Waals surface area contributed by atoms with Crippen LogP contribution in [0, 0.1) is 0 Å². The smallest absolute Gasteiger partial charge is 0.255 e. The summed E-state index contributed by atoms with van der Waals surface area (Å²) in [5.74, 6) is -0.239. The maximum absolute atomic E-state index is 12.8. The first-order valence-corrected chi connectivity index (χ1v) is 9.11. The van der Waals surface area contributed by atoms with Crippen LogP contribution in [0.25, 0.3) is 21.8 Å². The van der Waals surface area contributed by atoms with Crippen LogP contribution in [0.1, 0.15) is 15.9 Å². The summed E-state index contributed by atoms with van der Waals surface area (Å²) in [6.07, 6.45) is 0. The highest BCUT2D eigenvalue weighted by Crippen LogP contribution is 2.18. The molecule has 28 heavy (non-hydrogen) atoms. The Balaban J connectivity index is 1.67. The molecule has 0 spiro atoms. The van der Waals surface area contributed by atoms with Crippen LogP contribution in [0.15, 0.2) is 71.5 Å². The van der Waals surface area contributed by atoms with Gasteiger partial charge < -0.3 is 15.2 Å². The van der Waals surface area contributed by atoms with Crippen molar-refractivity contribution in [1.82, 2.24) is 9.88 Å². The Bertz CT molecular complexity index is 1240. The zero-order valence-corrected chi connectivity index (χ0v) is 15.8. The van der Waals surface area contributed by atoms with Crippen LogP contribution in [-0.4, -0.2) is 29.9 Å². The predicted octanol–water partition coefficient (Wildman–Crippen LogP) is 4.00. The molecule has 140 valence electrons. The van der Waals surface area contributed by atoms with Crippen molar-refractivity contribution in [3.05, 3.63) is 88.1 Å². The fourth-order valence-electron chi connectivity index (χ4n) is 3.38. The number of pyridine rings is 1. The van der Waals surface area contributed by atoms with E-state index < -0.39 is 0 Å². The maximum Gasteiger partial charge on any atom is 0.255 e. The second-order valence-electron chi connectivity index (χ2n) is 7.15. The van der Waals surface area contributed by atoms with Gasteiger partial charge in [0.25, 0.3) is 5.91 Å². The van der Waals surface area contributed by atoms with Crippen molar-refractivity contribution in [2.45, 2.75) is 6.54 Å². The van der Waals surface area contributed by atoms with Gasteiger partial charge in [0.05, 0.1) is 0 Å². The molecule has 0 aliphatic heterocycles. The number of hydrogen-bond acceptors (Lipinski definition) is 3. The molecule has 1 aromatic heterocycles. The molecule has 4 aromatic rings. The third-order valence-corrected chi connectivity index (χ3v) is 4.65. The van der Waals surface area contributed by atoms with E-state index in [1.165, 1.54) is 0 Å². The summed E-state index contributed by atoms with van der Waals surface area (Å²) >= 11 is 0. The van der Waals surface area contributed by atoms with E-state index in [9.17, 15) is 9.59 Å². The second-order valence-corrected chi connectivity index (χ2v) is 7.15. The van der Waals surface area contributed by atoms with Gasteiger partial charge in [0.2, 0.25) is 0 Å². The van der Waals surface area contributed by atoms with Crippen molar-refractivity contribution in [3.63, 3.8) is 0 Å². The monoisotopic (exact) mass is 371 g/mol. The van der Waals surface area contributed by atoms with Gasteiger partial charge in [-0.3, -0.25) is 9.59 Å². The van der Waals surface area contributed by atoms with Gasteiger partial charge in [0.1, 0.15) is 0 Å². The van der Waals surface area contributed by atoms with Crippen LogP contribution in [0.2, 0.25) is 0 Å². The molecule has 0 saturated heterocycles. The third-order valence-electron chi connectivity index (χ3n) is 4.65. The first-order chi connectivity index (χ1) is 13.5. The number of hydrogen-bond donors (Lipinski definition) is 2. The lowest BCUT2D eigenvalue weighted by molar-refractivity contribution is 0.102. The van der Waals surface area contributed by atoms with E-state index in [-0.39, 0.29) is 11.3 Å². The van der Waals surface area contributed by atoms with Gasteiger partial charge in [-0.05, 0) is 62.1 Å². The molecule has 0 bridgehead atoms. The predicted molar refractivity (Wildman–Crippen MR) is 114 cm³/mol. The first kappa shape index (κ1) is 17.9. The minimum atomic E-state index is -0.239. The summed E-state index contributed by atoms with van der Waals surface area (Å²) in [4.78, 5) is 30.9. The zero-order valence-electron chi connectivity index (χ0n) is 15.8. The van der Waals surface area contributed by atoms with Crippen LogP contribution < -0.4 is 10.7 Å². The first-order valence-electron chi connectivity index (χ1n) is 9.11. The van der Waals surface area contributed by atoms with Gasteiger partial charge in [0.15, 0.2) is 5.43 Å². The Morgan fingerprint density at radius 1 is 0.929 bits per heavy atom. The van der Waals surface area contributed by atoms with Gasteiger partial charge in [-0.2, -0.15) is 0 Å². The Morgan fingerprint density at radius 3 is 2.54 bits per heavy atom. The van der Waals surface area contributed by atoms with Crippen molar-refractivity contribution < 1.29 is 4.79 Å². The molecule has 0 unspecified atom stereocenters. The highest BCUT2D eigenvalue weighted by molar-refractivity contribution is 6.07. The van der Waals surface area contributed by atoms with E-state index >= 15 is 0 Å². The number of amides is 1. The number of benzene rings is 3. The number of nitrogens with zero attached hydrogens (tertiary/aromatic N) is 1. The lowest BCUT2D eigenvalue weighted by Crippen LogP contribution is -2.14. The van der Waals surface area contributed by atoms with E-state index in [4.69, 9.17) is 0 Å². The van der Waals surface area contributed by atoms with Crippen LogP contribution in [-0.2, 0) is 6.54 Å². The number of aromatic nitrogens is 1. The Labute approximate surface area is 162 Å². The standard InChI is InChI=1S/C23H21N3O2/c1-26(2)14-15-6-5-7-17(12-15)24-23(28)16-10-11-21-19(13-16)22(27)18-8-3-4-9-20(18)25-21/h3-13H,14H2,1-2H3,(H,24,28)(H,25,27). The van der Waals surface area contributed by atoms with E-state index in [1.807, 2.05) is 56.6 Å². The molecular weight excluding hydrogens is 350 g/mol. The summed E-state index contributed by atoms with van der Waals surface area (Å²) in [5.41, 5.74) is 3.72. The Morgan fingerprint density at radius 2 is 1.71 bits per heavy atom. The molecule has 3 aromatic carbocycles. The molecule has 5 heteroatoms. The summed E-state index contributed by atoms with van der Waals surface area (Å²) in [6.45, 7) is 0.794. The van der Waals surface area contributed by atoms with E-state index in [1.54, 1.807) is 24.3 Å². The molecule has 5 nitrogen and oxygen atoms in total. The number of carbonyl (C=O) groups excluding carboxylic acids is 1. The van der Waals surface area contributed by atoms with Crippen molar-refractivity contribution in [2.75, 3.05) is 19.4 Å². The lowest BCUT2D eigenvalue weighted by atomic mass is 10.1. The molecule has 0 aliphatic carbocycles. The highest BCUT2D eigenvalue weighted by atomic mass is 16.1. The van der Waals surface area contributed by atoms with Crippen LogP contribution >= 0.6 is 0 Å². The molecule has 1 amide bonds. The van der Waals surface area contributed by atoms with E-state index in [0.29, 0.717) is 21.9 Å². The molecular formula is C23H21N3O2. The topological polar surface area (TPSA) is 65.2 Å². The number of carbonyl (C=O) groups is 1. The van der Waals surface area contributed by atoms with E-state index in [2.05, 4.69) is 15.2 Å². The largest absolute Gasteiger partial charge is 0.354 e. The number of rotatable bonds is 4. The number of nitrogens with one attached hydrogen (secondary N) is 2. The van der Waals surface area contributed by atoms with Gasteiger partial charge in [0, 0.05) is 39.6 Å². The van der Waals surface area contributed by atoms with Gasteiger partial charge in [-0.15, -0.1) is 0 Å². The molecule has 2 N–H and O–H groups in total. The highest BCUT2D eigenvalue weighted by Gasteiger charge is 2.11. The van der Waals surface area contributed by atoms with E-state index in [0.717, 1.165) is 23.3 Å². The average Bonchev–Trinajstić information content (AvgIpc) is 2.68. The van der Waals surface area contributed by atoms with Crippen LogP contribution in [0.3, 0.4) is 0 Å². The molecule has 0 fully saturated rings. The lowest BCUT2D eigenvalue weighted by Gasteiger charge is -2.12. The second kappa shape index (κ2) is 7.29. The number of H-pyrrole nitrogens is 1. The van der Waals surface area contributed by atoms with Gasteiger partial charge >= 0.3 is 0 Å². The number of aromatic amines is 1. The summed E-state index contributed by atoms with van der Waals surface area (Å²) in [6, 6.07) is 20.3. The molecule has 0 saturated carbocycles. The summed E-state index contributed by atoms with van der Waals surface area (Å²) in [7, 11) is 4.00. The number of fused-ring (bicyclic) bond motifs is 2. The average molecular weight is 371 g/mol. The summed E-state index contributed by atoms with van der Waals surface area (Å²) < 4.78 is 0. The minimum absolute atomic E-state index is 0.0769. The molecule has 0 radical (unpaired) electrons. The fraction of sp³-hybridized carbons (Fsp3) is 0.130. The van der Waals surface area contributed by atoms with Crippen molar-refractivity contribution in [3.8, 4) is 0 Å². The molecule has 0 aliphatic rings. The molecule has 0 atom stereocenters. The van der Waals surface area contributed by atoms with Gasteiger partial charge in [-0.1, -0.05) is 24.3 Å². The quantitative estimate of drug-likeness (QED) is 0.533. The maximum atomic E-state index is 12.8. The SMILES string of the molecule is CN(C)Cc1cccc(NC(=O)c2ccc3[nH]c4ccccc4c(=O)c3c2)c1.